The molecule has 6 nitrogen and oxygen atoms in total. The third-order valence-electron chi connectivity index (χ3n) is 9.47. The van der Waals surface area contributed by atoms with E-state index in [9.17, 15) is 0 Å². The summed E-state index contributed by atoms with van der Waals surface area (Å²) in [5.74, 6) is -0.187. The first-order chi connectivity index (χ1) is 25.1. The van der Waals surface area contributed by atoms with Gasteiger partial charge in [-0.05, 0) is 60.2 Å². The molecule has 0 spiro atoms. The summed E-state index contributed by atoms with van der Waals surface area (Å²) < 4.78 is 19.0. The molecule has 7 aromatic carbocycles. The van der Waals surface area contributed by atoms with Crippen LogP contribution < -0.4 is 4.90 Å². The lowest BCUT2D eigenvalue weighted by atomic mass is 9.97. The van der Waals surface area contributed by atoms with E-state index in [1.165, 1.54) is 0 Å². The highest BCUT2D eigenvalue weighted by Gasteiger charge is 2.29. The Balaban J connectivity index is 1.15. The van der Waals surface area contributed by atoms with Crippen molar-refractivity contribution in [2.45, 2.75) is 9.79 Å². The molecule has 1 aliphatic heterocycles. The number of rotatable bonds is 4. The summed E-state index contributed by atoms with van der Waals surface area (Å²) in [6.45, 7) is 0. The van der Waals surface area contributed by atoms with E-state index in [0.29, 0.717) is 11.1 Å². The summed E-state index contributed by atoms with van der Waals surface area (Å²) >= 11 is 1.74. The van der Waals surface area contributed by atoms with Crippen LogP contribution in [-0.2, 0) is 4.74 Å². The minimum Gasteiger partial charge on any atom is -0.456 e. The zero-order chi connectivity index (χ0) is 34.1. The van der Waals surface area contributed by atoms with Crippen molar-refractivity contribution in [3.63, 3.8) is 0 Å². The Bertz CT molecular complexity index is 2870. The van der Waals surface area contributed by atoms with Crippen LogP contribution in [-0.4, -0.2) is 11.8 Å². The van der Waals surface area contributed by atoms with E-state index in [-0.39, 0.29) is 11.8 Å². The SMILES string of the molecule is N=C(OC(=N)c1ccccc1-c1cccc2c1oc1c(N3c4ccccc4Sc4cc5oc6ccccc6c5cc43)cccc12)c1ccccc1. The molecule has 0 saturated heterocycles. The highest BCUT2D eigenvalue weighted by molar-refractivity contribution is 7.99. The lowest BCUT2D eigenvalue weighted by molar-refractivity contribution is 0.538. The van der Waals surface area contributed by atoms with E-state index in [2.05, 4.69) is 71.6 Å². The number of fused-ring (bicyclic) bond motifs is 8. The molecule has 10 rings (SSSR count). The quantitative estimate of drug-likeness (QED) is 0.143. The standard InChI is InChI=1S/C44H27N3O3S/c45-43(26-12-2-1-3-13-26)50-44(46)32-16-5-4-14-27(32)29-17-10-18-30-31-19-11-21-35(42(31)49-41(29)30)47-34-20-7-9-23-39(34)51-40-25-38-33(24-36(40)47)28-15-6-8-22-37(28)48-38/h1-25,45-46H. The molecule has 2 N–H and O–H groups in total. The Morgan fingerprint density at radius 1 is 0.490 bits per heavy atom. The van der Waals surface area contributed by atoms with Gasteiger partial charge in [0.05, 0.1) is 17.1 Å². The van der Waals surface area contributed by atoms with Gasteiger partial charge in [0, 0.05) is 48.0 Å². The molecule has 51 heavy (non-hydrogen) atoms. The molecule has 2 aromatic heterocycles. The molecular weight excluding hydrogens is 651 g/mol. The van der Waals surface area contributed by atoms with Gasteiger partial charge in [-0.15, -0.1) is 0 Å². The van der Waals surface area contributed by atoms with Gasteiger partial charge < -0.3 is 18.5 Å². The summed E-state index contributed by atoms with van der Waals surface area (Å²) in [6, 6.07) is 50.3. The summed E-state index contributed by atoms with van der Waals surface area (Å²) in [6.07, 6.45) is 0. The summed E-state index contributed by atoms with van der Waals surface area (Å²) in [7, 11) is 0. The normalized spacial score (nSPS) is 12.4. The molecular formula is C44H27N3O3S. The molecule has 0 amide bonds. The Morgan fingerprint density at radius 3 is 2.08 bits per heavy atom. The van der Waals surface area contributed by atoms with Crippen LogP contribution in [0.3, 0.4) is 0 Å². The van der Waals surface area contributed by atoms with Gasteiger partial charge in [0.1, 0.15) is 16.7 Å². The summed E-state index contributed by atoms with van der Waals surface area (Å²) in [5.41, 5.74) is 9.07. The number of ether oxygens (including phenoxy) is 1. The van der Waals surface area contributed by atoms with Crippen molar-refractivity contribution >= 4 is 84.5 Å². The number of nitrogens with one attached hydrogen (secondary N) is 2. The maximum atomic E-state index is 8.91. The van der Waals surface area contributed by atoms with Gasteiger partial charge in [-0.25, -0.2) is 0 Å². The fraction of sp³-hybridized carbons (Fsp3) is 0. The van der Waals surface area contributed by atoms with Crippen LogP contribution in [0.2, 0.25) is 0 Å². The molecule has 3 heterocycles. The number of benzene rings is 7. The molecule has 0 unspecified atom stereocenters. The van der Waals surface area contributed by atoms with Gasteiger partial charge in [-0.3, -0.25) is 10.8 Å². The number of hydrogen-bond donors (Lipinski definition) is 2. The molecule has 9 aromatic rings. The van der Waals surface area contributed by atoms with Crippen molar-refractivity contribution in [3.8, 4) is 11.1 Å². The number of para-hydroxylation sites is 4. The number of nitrogens with zero attached hydrogens (tertiary/aromatic N) is 1. The second-order valence-electron chi connectivity index (χ2n) is 12.4. The van der Waals surface area contributed by atoms with Crippen LogP contribution in [0.25, 0.3) is 55.0 Å². The van der Waals surface area contributed by atoms with Gasteiger partial charge in [-0.1, -0.05) is 109 Å². The minimum atomic E-state index is -0.106. The Kier molecular flexibility index (Phi) is 6.62. The van der Waals surface area contributed by atoms with Crippen LogP contribution >= 0.6 is 11.8 Å². The fourth-order valence-electron chi connectivity index (χ4n) is 7.15. The fourth-order valence-corrected chi connectivity index (χ4v) is 8.22. The predicted molar refractivity (Wildman–Crippen MR) is 206 cm³/mol. The molecule has 0 atom stereocenters. The van der Waals surface area contributed by atoms with Gasteiger partial charge in [0.15, 0.2) is 5.58 Å². The maximum absolute atomic E-state index is 8.91. The molecule has 1 aliphatic rings. The lowest BCUT2D eigenvalue weighted by Gasteiger charge is -2.32. The molecule has 0 fully saturated rings. The van der Waals surface area contributed by atoms with Crippen LogP contribution in [0.5, 0.6) is 0 Å². The number of hydrogen-bond acceptors (Lipinski definition) is 7. The molecule has 0 radical (unpaired) electrons. The van der Waals surface area contributed by atoms with Crippen molar-refractivity contribution in [1.82, 2.24) is 0 Å². The molecule has 0 bridgehead atoms. The van der Waals surface area contributed by atoms with Crippen molar-refractivity contribution in [2.24, 2.45) is 0 Å². The first-order valence-electron chi connectivity index (χ1n) is 16.6. The molecule has 7 heteroatoms. The van der Waals surface area contributed by atoms with E-state index in [0.717, 1.165) is 81.9 Å². The smallest absolute Gasteiger partial charge is 0.221 e. The zero-order valence-corrected chi connectivity index (χ0v) is 27.8. The third kappa shape index (κ3) is 4.66. The van der Waals surface area contributed by atoms with Crippen molar-refractivity contribution in [1.29, 1.82) is 10.8 Å². The highest BCUT2D eigenvalue weighted by atomic mass is 32.2. The van der Waals surface area contributed by atoms with Crippen LogP contribution in [0.1, 0.15) is 11.1 Å². The Morgan fingerprint density at radius 2 is 1.18 bits per heavy atom. The first-order valence-corrected chi connectivity index (χ1v) is 17.4. The monoisotopic (exact) mass is 677 g/mol. The topological polar surface area (TPSA) is 86.4 Å². The van der Waals surface area contributed by atoms with Gasteiger partial charge in [0.2, 0.25) is 11.8 Å². The van der Waals surface area contributed by atoms with Crippen LogP contribution in [0, 0.1) is 10.8 Å². The van der Waals surface area contributed by atoms with E-state index >= 15 is 0 Å². The highest BCUT2D eigenvalue weighted by Crippen LogP contribution is 2.55. The average Bonchev–Trinajstić information content (AvgIpc) is 3.74. The number of furan rings is 2. The largest absolute Gasteiger partial charge is 0.456 e. The lowest BCUT2D eigenvalue weighted by Crippen LogP contribution is -2.15. The summed E-state index contributed by atoms with van der Waals surface area (Å²) in [5, 5.41) is 21.5. The minimum absolute atomic E-state index is 0.0806. The van der Waals surface area contributed by atoms with E-state index in [4.69, 9.17) is 24.4 Å². The predicted octanol–water partition coefficient (Wildman–Crippen LogP) is 12.5. The second kappa shape index (κ2) is 11.5. The van der Waals surface area contributed by atoms with E-state index in [1.54, 1.807) is 23.9 Å². The van der Waals surface area contributed by atoms with Gasteiger partial charge in [0.25, 0.3) is 0 Å². The third-order valence-corrected chi connectivity index (χ3v) is 10.6. The average molecular weight is 678 g/mol. The Hall–Kier alpha value is -6.57. The second-order valence-corrected chi connectivity index (χ2v) is 13.5. The van der Waals surface area contributed by atoms with E-state index in [1.807, 2.05) is 72.8 Å². The van der Waals surface area contributed by atoms with Crippen LogP contribution in [0.4, 0.5) is 17.1 Å². The van der Waals surface area contributed by atoms with Crippen molar-refractivity contribution in [3.05, 3.63) is 163 Å². The first kappa shape index (κ1) is 29.4. The molecule has 0 saturated carbocycles. The van der Waals surface area contributed by atoms with Crippen LogP contribution in [0.15, 0.2) is 170 Å². The molecule has 242 valence electrons. The van der Waals surface area contributed by atoms with Crippen molar-refractivity contribution in [2.75, 3.05) is 4.90 Å². The molecule has 0 aliphatic carbocycles. The maximum Gasteiger partial charge on any atom is 0.221 e. The van der Waals surface area contributed by atoms with Gasteiger partial charge in [-0.2, -0.15) is 0 Å². The van der Waals surface area contributed by atoms with E-state index < -0.39 is 0 Å². The zero-order valence-electron chi connectivity index (χ0n) is 27.0. The van der Waals surface area contributed by atoms with Crippen molar-refractivity contribution < 1.29 is 13.6 Å². The number of anilines is 3. The van der Waals surface area contributed by atoms with Gasteiger partial charge >= 0.3 is 0 Å². The summed E-state index contributed by atoms with van der Waals surface area (Å²) in [4.78, 5) is 4.55. The Labute approximate surface area is 296 Å².